The lowest BCUT2D eigenvalue weighted by Crippen LogP contribution is -2.55. The number of hydrogen-bond donors (Lipinski definition) is 0. The van der Waals surface area contributed by atoms with Crippen LogP contribution in [0.1, 0.15) is 24.0 Å². The third-order valence-electron chi connectivity index (χ3n) is 5.36. The first kappa shape index (κ1) is 17.1. The van der Waals surface area contributed by atoms with Crippen LogP contribution < -0.4 is 0 Å². The number of amides is 1. The minimum absolute atomic E-state index is 0.162. The summed E-state index contributed by atoms with van der Waals surface area (Å²) in [6, 6.07) is 20.8. The number of rotatable bonds is 5. The van der Waals surface area contributed by atoms with E-state index in [2.05, 4.69) is 35.2 Å². The van der Waals surface area contributed by atoms with E-state index in [1.807, 2.05) is 35.2 Å². The fourth-order valence-corrected chi connectivity index (χ4v) is 3.77. The van der Waals surface area contributed by atoms with E-state index in [1.54, 1.807) is 0 Å². The van der Waals surface area contributed by atoms with Crippen molar-refractivity contribution in [3.63, 3.8) is 0 Å². The van der Waals surface area contributed by atoms with Crippen molar-refractivity contribution >= 4 is 6.09 Å². The van der Waals surface area contributed by atoms with Crippen molar-refractivity contribution in [3.8, 4) is 0 Å². The van der Waals surface area contributed by atoms with Gasteiger partial charge in [0.05, 0.1) is 6.04 Å². The number of nitrogens with zero attached hydrogens (tertiary/aromatic N) is 2. The summed E-state index contributed by atoms with van der Waals surface area (Å²) >= 11 is 0. The van der Waals surface area contributed by atoms with Crippen LogP contribution in [0.5, 0.6) is 0 Å². The second-order valence-corrected chi connectivity index (χ2v) is 7.36. The first-order valence-corrected chi connectivity index (χ1v) is 9.53. The van der Waals surface area contributed by atoms with Crippen LogP contribution in [0.2, 0.25) is 0 Å². The molecule has 2 aromatic rings. The zero-order chi connectivity index (χ0) is 17.8. The average molecular weight is 350 g/mol. The molecule has 1 saturated carbocycles. The van der Waals surface area contributed by atoms with Gasteiger partial charge in [0.2, 0.25) is 0 Å². The molecule has 1 unspecified atom stereocenters. The van der Waals surface area contributed by atoms with Crippen molar-refractivity contribution in [3.05, 3.63) is 71.8 Å². The summed E-state index contributed by atoms with van der Waals surface area (Å²) in [5.74, 6) is 0.637. The van der Waals surface area contributed by atoms with Crippen molar-refractivity contribution in [2.24, 2.45) is 5.92 Å². The molecule has 2 fully saturated rings. The second kappa shape index (κ2) is 7.92. The molecule has 2 aromatic carbocycles. The van der Waals surface area contributed by atoms with Gasteiger partial charge in [0, 0.05) is 26.2 Å². The van der Waals surface area contributed by atoms with Gasteiger partial charge in [0.25, 0.3) is 0 Å². The number of ether oxygens (including phenoxy) is 1. The quantitative estimate of drug-likeness (QED) is 0.819. The molecule has 1 saturated heterocycles. The number of benzene rings is 2. The standard InChI is InChI=1S/C22H26N2O2/c25-22(26-17-19-9-5-2-6-10-19)24-14-13-23(16-21(24)20-11-12-20)15-18-7-3-1-4-8-18/h1-10,20-21H,11-17H2. The summed E-state index contributed by atoms with van der Waals surface area (Å²) in [7, 11) is 0. The Morgan fingerprint density at radius 3 is 2.23 bits per heavy atom. The van der Waals surface area contributed by atoms with E-state index >= 15 is 0 Å². The number of carbonyl (C=O) groups excluding carboxylic acids is 1. The molecule has 1 aliphatic heterocycles. The Labute approximate surface area is 155 Å². The summed E-state index contributed by atoms with van der Waals surface area (Å²) in [4.78, 5) is 17.1. The van der Waals surface area contributed by atoms with Crippen LogP contribution in [0.15, 0.2) is 60.7 Å². The fourth-order valence-electron chi connectivity index (χ4n) is 3.77. The largest absolute Gasteiger partial charge is 0.445 e. The highest BCUT2D eigenvalue weighted by Gasteiger charge is 2.41. The van der Waals surface area contributed by atoms with Crippen LogP contribution >= 0.6 is 0 Å². The van der Waals surface area contributed by atoms with Gasteiger partial charge in [-0.2, -0.15) is 0 Å². The van der Waals surface area contributed by atoms with E-state index in [9.17, 15) is 4.79 Å². The van der Waals surface area contributed by atoms with Gasteiger partial charge in [0.15, 0.2) is 0 Å². The van der Waals surface area contributed by atoms with Crippen molar-refractivity contribution in [1.29, 1.82) is 0 Å². The average Bonchev–Trinajstić information content (AvgIpc) is 3.53. The van der Waals surface area contributed by atoms with Gasteiger partial charge >= 0.3 is 6.09 Å². The monoisotopic (exact) mass is 350 g/mol. The van der Waals surface area contributed by atoms with Gasteiger partial charge in [-0.3, -0.25) is 4.90 Å². The van der Waals surface area contributed by atoms with Crippen molar-refractivity contribution < 1.29 is 9.53 Å². The third kappa shape index (κ3) is 4.25. The zero-order valence-corrected chi connectivity index (χ0v) is 15.1. The molecule has 1 amide bonds. The molecule has 0 spiro atoms. The Balaban J connectivity index is 1.35. The number of carbonyl (C=O) groups is 1. The normalized spacial score (nSPS) is 20.8. The summed E-state index contributed by atoms with van der Waals surface area (Å²) in [5.41, 5.74) is 2.37. The molecule has 136 valence electrons. The maximum absolute atomic E-state index is 12.7. The summed E-state index contributed by atoms with van der Waals surface area (Å²) in [6.07, 6.45) is 2.30. The summed E-state index contributed by atoms with van der Waals surface area (Å²) < 4.78 is 5.60. The number of piperazine rings is 1. The highest BCUT2D eigenvalue weighted by atomic mass is 16.6. The smallest absolute Gasteiger partial charge is 0.410 e. The molecule has 1 aliphatic carbocycles. The van der Waals surface area contributed by atoms with Gasteiger partial charge in [0.1, 0.15) is 6.61 Å². The SMILES string of the molecule is O=C(OCc1ccccc1)N1CCN(Cc2ccccc2)CC1C1CC1. The molecule has 0 bridgehead atoms. The minimum Gasteiger partial charge on any atom is -0.445 e. The van der Waals surface area contributed by atoms with Crippen molar-refractivity contribution in [2.75, 3.05) is 19.6 Å². The lowest BCUT2D eigenvalue weighted by Gasteiger charge is -2.41. The van der Waals surface area contributed by atoms with Gasteiger partial charge in [-0.25, -0.2) is 4.79 Å². The van der Waals surface area contributed by atoms with Gasteiger partial charge in [-0.05, 0) is 29.9 Å². The van der Waals surface area contributed by atoms with Crippen LogP contribution in [0.3, 0.4) is 0 Å². The van der Waals surface area contributed by atoms with E-state index in [-0.39, 0.29) is 12.1 Å². The minimum atomic E-state index is -0.162. The molecule has 4 nitrogen and oxygen atoms in total. The van der Waals surface area contributed by atoms with E-state index in [0.717, 1.165) is 31.7 Å². The Bertz CT molecular complexity index is 715. The molecular formula is C22H26N2O2. The molecule has 1 atom stereocenters. The predicted molar refractivity (Wildman–Crippen MR) is 102 cm³/mol. The fraction of sp³-hybridized carbons (Fsp3) is 0.409. The van der Waals surface area contributed by atoms with E-state index < -0.39 is 0 Å². The van der Waals surface area contributed by atoms with Gasteiger partial charge < -0.3 is 9.64 Å². The molecule has 1 heterocycles. The molecule has 2 aliphatic rings. The van der Waals surface area contributed by atoms with Crippen LogP contribution in [0.4, 0.5) is 4.79 Å². The number of hydrogen-bond acceptors (Lipinski definition) is 3. The van der Waals surface area contributed by atoms with Crippen LogP contribution in [0.25, 0.3) is 0 Å². The Hall–Kier alpha value is -2.33. The Kier molecular flexibility index (Phi) is 5.21. The molecule has 4 heteroatoms. The predicted octanol–water partition coefficient (Wildman–Crippen LogP) is 3.92. The molecular weight excluding hydrogens is 324 g/mol. The zero-order valence-electron chi connectivity index (χ0n) is 15.1. The second-order valence-electron chi connectivity index (χ2n) is 7.36. The first-order valence-electron chi connectivity index (χ1n) is 9.53. The van der Waals surface area contributed by atoms with Gasteiger partial charge in [-0.1, -0.05) is 60.7 Å². The van der Waals surface area contributed by atoms with Crippen LogP contribution in [-0.4, -0.2) is 41.6 Å². The van der Waals surface area contributed by atoms with Crippen LogP contribution in [-0.2, 0) is 17.9 Å². The maximum Gasteiger partial charge on any atom is 0.410 e. The Morgan fingerprint density at radius 2 is 1.58 bits per heavy atom. The molecule has 0 aromatic heterocycles. The van der Waals surface area contributed by atoms with Gasteiger partial charge in [-0.15, -0.1) is 0 Å². The van der Waals surface area contributed by atoms with Crippen LogP contribution in [0, 0.1) is 5.92 Å². The van der Waals surface area contributed by atoms with E-state index in [0.29, 0.717) is 12.5 Å². The molecule has 0 N–H and O–H groups in total. The Morgan fingerprint density at radius 1 is 0.923 bits per heavy atom. The lowest BCUT2D eigenvalue weighted by molar-refractivity contribution is 0.0340. The molecule has 0 radical (unpaired) electrons. The summed E-state index contributed by atoms with van der Waals surface area (Å²) in [6.45, 7) is 3.90. The van der Waals surface area contributed by atoms with E-state index in [1.165, 1.54) is 18.4 Å². The lowest BCUT2D eigenvalue weighted by atomic mass is 10.1. The molecule has 4 rings (SSSR count). The van der Waals surface area contributed by atoms with Crippen molar-refractivity contribution in [2.45, 2.75) is 32.0 Å². The highest BCUT2D eigenvalue weighted by molar-refractivity contribution is 5.68. The third-order valence-corrected chi connectivity index (χ3v) is 5.36. The van der Waals surface area contributed by atoms with Crippen molar-refractivity contribution in [1.82, 2.24) is 9.80 Å². The molecule has 26 heavy (non-hydrogen) atoms. The first-order chi connectivity index (χ1) is 12.8. The summed E-state index contributed by atoms with van der Waals surface area (Å²) in [5, 5.41) is 0. The maximum atomic E-state index is 12.7. The topological polar surface area (TPSA) is 32.8 Å². The highest BCUT2D eigenvalue weighted by Crippen LogP contribution is 2.37. The van der Waals surface area contributed by atoms with E-state index in [4.69, 9.17) is 4.74 Å².